The van der Waals surface area contributed by atoms with Crippen LogP contribution in [0.15, 0.2) is 18.3 Å². The first-order valence-electron chi connectivity index (χ1n) is 6.20. The number of nitriles is 1. The Morgan fingerprint density at radius 3 is 3.25 bits per heavy atom. The molecule has 1 aromatic rings. The summed E-state index contributed by atoms with van der Waals surface area (Å²) in [6.45, 7) is 1.25. The molecule has 2 rings (SSSR count). The molecule has 1 aromatic heterocycles. The van der Waals surface area contributed by atoms with Crippen LogP contribution in [0.25, 0.3) is 0 Å². The number of ether oxygens (including phenoxy) is 1. The lowest BCUT2D eigenvalue weighted by Gasteiger charge is -2.29. The van der Waals surface area contributed by atoms with Gasteiger partial charge in [-0.15, -0.1) is 0 Å². The molecule has 102 valence electrons. The van der Waals surface area contributed by atoms with E-state index in [4.69, 9.17) is 15.7 Å². The van der Waals surface area contributed by atoms with E-state index in [1.165, 1.54) is 0 Å². The van der Waals surface area contributed by atoms with Gasteiger partial charge in [0.25, 0.3) is 5.91 Å². The van der Waals surface area contributed by atoms with E-state index in [9.17, 15) is 4.79 Å². The fraction of sp³-hybridized carbons (Fsp3) is 0.357. The highest BCUT2D eigenvalue weighted by Crippen LogP contribution is 2.11. The molecule has 2 N–H and O–H groups in total. The molecule has 1 atom stereocenters. The predicted molar refractivity (Wildman–Crippen MR) is 71.4 cm³/mol. The van der Waals surface area contributed by atoms with Crippen molar-refractivity contribution in [2.24, 2.45) is 5.73 Å². The number of aromatic nitrogens is 1. The zero-order chi connectivity index (χ0) is 14.4. The number of hydrogen-bond donors (Lipinski definition) is 1. The zero-order valence-corrected chi connectivity index (χ0v) is 10.9. The van der Waals surface area contributed by atoms with Gasteiger partial charge in [0, 0.05) is 12.7 Å². The average Bonchev–Trinajstić information content (AvgIpc) is 2.52. The second-order valence-electron chi connectivity index (χ2n) is 4.15. The third kappa shape index (κ3) is 3.12. The summed E-state index contributed by atoms with van der Waals surface area (Å²) >= 11 is 0. The molecular formula is C14H14N4O2. The van der Waals surface area contributed by atoms with Gasteiger partial charge < -0.3 is 15.4 Å². The van der Waals surface area contributed by atoms with Crippen molar-refractivity contribution in [2.75, 3.05) is 26.2 Å². The van der Waals surface area contributed by atoms with Crippen molar-refractivity contribution in [3.8, 4) is 17.9 Å². The van der Waals surface area contributed by atoms with Crippen molar-refractivity contribution >= 4 is 5.91 Å². The lowest BCUT2D eigenvalue weighted by Crippen LogP contribution is -2.45. The van der Waals surface area contributed by atoms with Crippen LogP contribution >= 0.6 is 0 Å². The summed E-state index contributed by atoms with van der Waals surface area (Å²) in [6, 6.07) is 5.45. The van der Waals surface area contributed by atoms with E-state index >= 15 is 0 Å². The number of rotatable bonds is 1. The van der Waals surface area contributed by atoms with Crippen LogP contribution in [0.3, 0.4) is 0 Å². The van der Waals surface area contributed by atoms with Crippen molar-refractivity contribution in [1.82, 2.24) is 9.88 Å². The summed E-state index contributed by atoms with van der Waals surface area (Å²) in [6.07, 6.45) is 0.957. The number of pyridine rings is 1. The largest absolute Gasteiger partial charge is 0.360 e. The van der Waals surface area contributed by atoms with E-state index in [0.717, 1.165) is 0 Å². The second kappa shape index (κ2) is 6.67. The fourth-order valence-corrected chi connectivity index (χ4v) is 1.88. The third-order valence-electron chi connectivity index (χ3n) is 2.83. The Labute approximate surface area is 117 Å². The molecule has 1 aliphatic heterocycles. The van der Waals surface area contributed by atoms with E-state index in [0.29, 0.717) is 18.7 Å². The van der Waals surface area contributed by atoms with Crippen molar-refractivity contribution in [2.45, 2.75) is 6.10 Å². The number of hydrogen-bond acceptors (Lipinski definition) is 5. The predicted octanol–water partition coefficient (Wildman–Crippen LogP) is -0.244. The van der Waals surface area contributed by atoms with E-state index in [2.05, 4.69) is 16.8 Å². The summed E-state index contributed by atoms with van der Waals surface area (Å²) in [4.78, 5) is 18.1. The first-order chi connectivity index (χ1) is 9.76. The number of morpholine rings is 1. The lowest BCUT2D eigenvalue weighted by atomic mass is 10.1. The Morgan fingerprint density at radius 2 is 2.50 bits per heavy atom. The summed E-state index contributed by atoms with van der Waals surface area (Å²) in [7, 11) is 0. The van der Waals surface area contributed by atoms with E-state index in [1.54, 1.807) is 23.2 Å². The minimum Gasteiger partial charge on any atom is -0.360 e. The van der Waals surface area contributed by atoms with Gasteiger partial charge in [-0.2, -0.15) is 5.26 Å². The number of carbonyl (C=O) groups excluding carboxylic acids is 1. The van der Waals surface area contributed by atoms with Crippen LogP contribution in [0.5, 0.6) is 0 Å². The van der Waals surface area contributed by atoms with Crippen LogP contribution in [0.2, 0.25) is 0 Å². The maximum absolute atomic E-state index is 12.4. The molecule has 0 saturated carbocycles. The Kier molecular flexibility index (Phi) is 4.67. The first kappa shape index (κ1) is 14.0. The highest BCUT2D eigenvalue weighted by atomic mass is 16.5. The number of nitrogens with two attached hydrogens (primary N) is 1. The second-order valence-corrected chi connectivity index (χ2v) is 4.15. The Morgan fingerprint density at radius 1 is 1.65 bits per heavy atom. The molecule has 6 nitrogen and oxygen atoms in total. The van der Waals surface area contributed by atoms with Crippen molar-refractivity contribution in [3.63, 3.8) is 0 Å². The molecule has 0 aliphatic carbocycles. The van der Waals surface area contributed by atoms with Crippen LogP contribution < -0.4 is 5.73 Å². The monoisotopic (exact) mass is 270 g/mol. The lowest BCUT2D eigenvalue weighted by molar-refractivity contribution is 0.00318. The number of nitrogens with zero attached hydrogens (tertiary/aromatic N) is 3. The number of amides is 1. The molecule has 1 saturated heterocycles. The topological polar surface area (TPSA) is 92.2 Å². The standard InChI is InChI=1S/C14H14N4O2/c15-5-1-3-11-4-2-6-17-13(11)14(19)18-7-8-20-12(9-16)10-18/h2,4,6,12H,5,7-8,10,15H2. The first-order valence-corrected chi connectivity index (χ1v) is 6.20. The van der Waals surface area contributed by atoms with Crippen LogP contribution in [0, 0.1) is 23.2 Å². The summed E-state index contributed by atoms with van der Waals surface area (Å²) in [5, 5.41) is 8.87. The molecule has 0 bridgehead atoms. The summed E-state index contributed by atoms with van der Waals surface area (Å²) < 4.78 is 5.22. The van der Waals surface area contributed by atoms with Crippen LogP contribution in [-0.2, 0) is 4.74 Å². The van der Waals surface area contributed by atoms with Crippen LogP contribution in [0.4, 0.5) is 0 Å². The summed E-state index contributed by atoms with van der Waals surface area (Å²) in [5.41, 5.74) is 6.17. The molecule has 0 aromatic carbocycles. The number of carbonyl (C=O) groups is 1. The normalized spacial score (nSPS) is 17.8. The molecule has 20 heavy (non-hydrogen) atoms. The minimum atomic E-state index is -0.588. The maximum Gasteiger partial charge on any atom is 0.273 e. The molecule has 1 unspecified atom stereocenters. The molecule has 2 heterocycles. The SMILES string of the molecule is N#CC1CN(C(=O)c2ncccc2C#CCN)CCO1. The molecule has 0 radical (unpaired) electrons. The van der Waals surface area contributed by atoms with Gasteiger partial charge in [-0.25, -0.2) is 4.98 Å². The fourth-order valence-electron chi connectivity index (χ4n) is 1.88. The molecule has 0 spiro atoms. The summed E-state index contributed by atoms with van der Waals surface area (Å²) in [5.74, 6) is 5.31. The van der Waals surface area contributed by atoms with Gasteiger partial charge in [-0.05, 0) is 12.1 Å². The van der Waals surface area contributed by atoms with Crippen LogP contribution in [-0.4, -0.2) is 48.1 Å². The quantitative estimate of drug-likeness (QED) is 0.711. The Hall–Kier alpha value is -2.41. The van der Waals surface area contributed by atoms with E-state index in [-0.39, 0.29) is 24.7 Å². The molecule has 1 amide bonds. The highest BCUT2D eigenvalue weighted by molar-refractivity contribution is 5.94. The van der Waals surface area contributed by atoms with Crippen LogP contribution in [0.1, 0.15) is 16.1 Å². The zero-order valence-electron chi connectivity index (χ0n) is 10.9. The van der Waals surface area contributed by atoms with Gasteiger partial charge in [0.2, 0.25) is 0 Å². The Balaban J connectivity index is 2.23. The molecule has 6 heteroatoms. The van der Waals surface area contributed by atoms with Gasteiger partial charge in [-0.1, -0.05) is 11.8 Å². The van der Waals surface area contributed by atoms with Gasteiger partial charge >= 0.3 is 0 Å². The van der Waals surface area contributed by atoms with Crippen molar-refractivity contribution in [1.29, 1.82) is 5.26 Å². The van der Waals surface area contributed by atoms with Gasteiger partial charge in [0.15, 0.2) is 6.10 Å². The molecule has 1 aliphatic rings. The van der Waals surface area contributed by atoms with E-state index in [1.807, 2.05) is 6.07 Å². The Bertz CT molecular complexity index is 597. The van der Waals surface area contributed by atoms with Gasteiger partial charge in [0.05, 0.1) is 31.3 Å². The van der Waals surface area contributed by atoms with E-state index < -0.39 is 6.10 Å². The van der Waals surface area contributed by atoms with Crippen molar-refractivity contribution in [3.05, 3.63) is 29.6 Å². The minimum absolute atomic E-state index is 0.219. The van der Waals surface area contributed by atoms with Crippen molar-refractivity contribution < 1.29 is 9.53 Å². The molecule has 1 fully saturated rings. The smallest absolute Gasteiger partial charge is 0.273 e. The third-order valence-corrected chi connectivity index (χ3v) is 2.83. The highest BCUT2D eigenvalue weighted by Gasteiger charge is 2.26. The van der Waals surface area contributed by atoms with Gasteiger partial charge in [0.1, 0.15) is 5.69 Å². The maximum atomic E-state index is 12.4. The van der Waals surface area contributed by atoms with Gasteiger partial charge in [-0.3, -0.25) is 4.79 Å². The average molecular weight is 270 g/mol. The molecular weight excluding hydrogens is 256 g/mol.